The van der Waals surface area contributed by atoms with E-state index in [1.165, 1.54) is 6.92 Å². The van der Waals surface area contributed by atoms with Crippen molar-refractivity contribution in [2.75, 3.05) is 6.61 Å². The Balaban J connectivity index is 2.17. The summed E-state index contributed by atoms with van der Waals surface area (Å²) < 4.78 is 45.2. The summed E-state index contributed by atoms with van der Waals surface area (Å²) in [4.78, 5) is 0. The van der Waals surface area contributed by atoms with Crippen molar-refractivity contribution in [2.45, 2.75) is 57.6 Å². The Morgan fingerprint density at radius 3 is 2.40 bits per heavy atom. The zero-order valence-electron chi connectivity index (χ0n) is 9.06. The number of rotatable bonds is 5. The third-order valence-corrected chi connectivity index (χ3v) is 2.53. The molecule has 0 aromatic heterocycles. The SMILES string of the molecule is CCCCOC1CC(C)(OC(F)(F)F)C1. The molecule has 0 radical (unpaired) electrons. The molecule has 15 heavy (non-hydrogen) atoms. The van der Waals surface area contributed by atoms with Crippen molar-refractivity contribution in [2.24, 2.45) is 0 Å². The van der Waals surface area contributed by atoms with E-state index in [1.807, 2.05) is 6.92 Å². The fourth-order valence-electron chi connectivity index (χ4n) is 1.78. The zero-order chi connectivity index (χ0) is 11.5. The fourth-order valence-corrected chi connectivity index (χ4v) is 1.78. The molecule has 1 fully saturated rings. The van der Waals surface area contributed by atoms with Gasteiger partial charge in [-0.2, -0.15) is 0 Å². The lowest BCUT2D eigenvalue weighted by molar-refractivity contribution is -0.383. The van der Waals surface area contributed by atoms with E-state index in [0.29, 0.717) is 19.4 Å². The van der Waals surface area contributed by atoms with Crippen molar-refractivity contribution in [3.63, 3.8) is 0 Å². The monoisotopic (exact) mass is 226 g/mol. The average Bonchev–Trinajstić information content (AvgIpc) is 1.98. The van der Waals surface area contributed by atoms with E-state index in [4.69, 9.17) is 4.74 Å². The Labute approximate surface area is 87.7 Å². The predicted molar refractivity (Wildman–Crippen MR) is 49.4 cm³/mol. The number of ether oxygens (including phenoxy) is 2. The number of hydrogen-bond acceptors (Lipinski definition) is 2. The van der Waals surface area contributed by atoms with Gasteiger partial charge in [0.05, 0.1) is 11.7 Å². The van der Waals surface area contributed by atoms with Gasteiger partial charge in [-0.1, -0.05) is 13.3 Å². The Morgan fingerprint density at radius 2 is 1.93 bits per heavy atom. The minimum absolute atomic E-state index is 0.0658. The molecule has 0 bridgehead atoms. The normalized spacial score (nSPS) is 31.4. The molecule has 2 nitrogen and oxygen atoms in total. The lowest BCUT2D eigenvalue weighted by Gasteiger charge is -2.44. The van der Waals surface area contributed by atoms with Gasteiger partial charge in [-0.15, -0.1) is 13.2 Å². The van der Waals surface area contributed by atoms with E-state index in [2.05, 4.69) is 4.74 Å². The molecule has 0 unspecified atom stereocenters. The molecule has 1 aliphatic carbocycles. The lowest BCUT2D eigenvalue weighted by Crippen LogP contribution is -2.50. The fraction of sp³-hybridized carbons (Fsp3) is 1.00. The van der Waals surface area contributed by atoms with Crippen LogP contribution >= 0.6 is 0 Å². The van der Waals surface area contributed by atoms with Crippen molar-refractivity contribution < 1.29 is 22.6 Å². The van der Waals surface area contributed by atoms with Crippen LogP contribution in [0.3, 0.4) is 0 Å². The quantitative estimate of drug-likeness (QED) is 0.670. The summed E-state index contributed by atoms with van der Waals surface area (Å²) in [5.41, 5.74) is -1.07. The van der Waals surface area contributed by atoms with Gasteiger partial charge in [0, 0.05) is 19.4 Å². The summed E-state index contributed by atoms with van der Waals surface area (Å²) in [6, 6.07) is 0. The smallest absolute Gasteiger partial charge is 0.378 e. The molecule has 90 valence electrons. The molecular formula is C10H17F3O2. The van der Waals surface area contributed by atoms with E-state index in [0.717, 1.165) is 12.8 Å². The summed E-state index contributed by atoms with van der Waals surface area (Å²) >= 11 is 0. The van der Waals surface area contributed by atoms with E-state index in [9.17, 15) is 13.2 Å². The number of alkyl halides is 3. The van der Waals surface area contributed by atoms with Crippen LogP contribution < -0.4 is 0 Å². The molecule has 0 aromatic rings. The highest BCUT2D eigenvalue weighted by molar-refractivity contribution is 4.93. The topological polar surface area (TPSA) is 18.5 Å². The first-order valence-electron chi connectivity index (χ1n) is 5.23. The molecule has 0 aliphatic heterocycles. The molecule has 0 amide bonds. The second kappa shape index (κ2) is 4.70. The van der Waals surface area contributed by atoms with Crippen molar-refractivity contribution in [1.82, 2.24) is 0 Å². The Kier molecular flexibility index (Phi) is 4.00. The second-order valence-corrected chi connectivity index (χ2v) is 4.25. The van der Waals surface area contributed by atoms with Gasteiger partial charge < -0.3 is 4.74 Å². The summed E-state index contributed by atoms with van der Waals surface area (Å²) in [5, 5.41) is 0. The van der Waals surface area contributed by atoms with E-state index in [-0.39, 0.29) is 6.10 Å². The summed E-state index contributed by atoms with van der Waals surface area (Å²) in [7, 11) is 0. The molecule has 1 saturated carbocycles. The van der Waals surface area contributed by atoms with Gasteiger partial charge in [0.25, 0.3) is 0 Å². The van der Waals surface area contributed by atoms with Crippen molar-refractivity contribution in [1.29, 1.82) is 0 Å². The number of halogens is 3. The molecule has 0 saturated heterocycles. The standard InChI is InChI=1S/C10H17F3O2/c1-3-4-5-14-8-6-9(2,7-8)15-10(11,12)13/h8H,3-7H2,1-2H3. The molecule has 0 heterocycles. The molecule has 5 heteroatoms. The molecule has 1 aliphatic rings. The van der Waals surface area contributed by atoms with Gasteiger partial charge in [-0.05, 0) is 13.3 Å². The molecule has 0 atom stereocenters. The van der Waals surface area contributed by atoms with E-state index < -0.39 is 12.0 Å². The molecule has 0 spiro atoms. The zero-order valence-corrected chi connectivity index (χ0v) is 9.06. The van der Waals surface area contributed by atoms with Crippen LogP contribution in [0, 0.1) is 0 Å². The molecular weight excluding hydrogens is 209 g/mol. The van der Waals surface area contributed by atoms with Crippen LogP contribution in [0.25, 0.3) is 0 Å². The number of hydrogen-bond donors (Lipinski definition) is 0. The van der Waals surface area contributed by atoms with Crippen LogP contribution in [0.4, 0.5) is 13.2 Å². The molecule has 1 rings (SSSR count). The van der Waals surface area contributed by atoms with E-state index in [1.54, 1.807) is 0 Å². The van der Waals surface area contributed by atoms with Crippen LogP contribution in [-0.4, -0.2) is 24.7 Å². The summed E-state index contributed by atoms with van der Waals surface area (Å²) in [6.45, 7) is 4.14. The predicted octanol–water partition coefficient (Wildman–Crippen LogP) is 3.26. The van der Waals surface area contributed by atoms with Crippen molar-refractivity contribution >= 4 is 0 Å². The van der Waals surface area contributed by atoms with Crippen LogP contribution in [0.5, 0.6) is 0 Å². The largest absolute Gasteiger partial charge is 0.523 e. The van der Waals surface area contributed by atoms with Crippen molar-refractivity contribution in [3.8, 4) is 0 Å². The van der Waals surface area contributed by atoms with Crippen LogP contribution in [0.2, 0.25) is 0 Å². The maximum atomic E-state index is 11.9. The van der Waals surface area contributed by atoms with Crippen LogP contribution in [-0.2, 0) is 9.47 Å². The molecule has 0 aromatic carbocycles. The van der Waals surface area contributed by atoms with Gasteiger partial charge in [0.15, 0.2) is 0 Å². The van der Waals surface area contributed by atoms with Crippen molar-refractivity contribution in [3.05, 3.63) is 0 Å². The highest BCUT2D eigenvalue weighted by atomic mass is 19.4. The lowest BCUT2D eigenvalue weighted by atomic mass is 9.79. The van der Waals surface area contributed by atoms with Crippen LogP contribution in [0.1, 0.15) is 39.5 Å². The summed E-state index contributed by atoms with van der Waals surface area (Å²) in [6.07, 6.45) is -1.96. The van der Waals surface area contributed by atoms with Gasteiger partial charge >= 0.3 is 6.36 Å². The highest BCUT2D eigenvalue weighted by Gasteiger charge is 2.49. The molecule has 0 N–H and O–H groups in total. The minimum Gasteiger partial charge on any atom is -0.378 e. The first kappa shape index (κ1) is 12.8. The number of unbranched alkanes of at least 4 members (excludes halogenated alkanes) is 1. The Morgan fingerprint density at radius 1 is 1.33 bits per heavy atom. The highest BCUT2D eigenvalue weighted by Crippen LogP contribution is 2.41. The van der Waals surface area contributed by atoms with Gasteiger partial charge in [0.2, 0.25) is 0 Å². The van der Waals surface area contributed by atoms with Crippen LogP contribution in [0.15, 0.2) is 0 Å². The summed E-state index contributed by atoms with van der Waals surface area (Å²) in [5.74, 6) is 0. The van der Waals surface area contributed by atoms with E-state index >= 15 is 0 Å². The third kappa shape index (κ3) is 4.38. The van der Waals surface area contributed by atoms with Gasteiger partial charge in [-0.25, -0.2) is 0 Å². The third-order valence-electron chi connectivity index (χ3n) is 2.53. The minimum atomic E-state index is -4.54. The Bertz CT molecular complexity index is 197. The Hall–Kier alpha value is -0.290. The first-order valence-corrected chi connectivity index (χ1v) is 5.23. The maximum Gasteiger partial charge on any atom is 0.523 e. The van der Waals surface area contributed by atoms with Gasteiger partial charge in [0.1, 0.15) is 0 Å². The maximum absolute atomic E-state index is 11.9. The first-order chi connectivity index (χ1) is 6.85. The van der Waals surface area contributed by atoms with Gasteiger partial charge in [-0.3, -0.25) is 4.74 Å². The second-order valence-electron chi connectivity index (χ2n) is 4.25. The average molecular weight is 226 g/mol.